The molecule has 1 aromatic heterocycles. The van der Waals surface area contributed by atoms with Gasteiger partial charge in [-0.25, -0.2) is 0 Å². The topological polar surface area (TPSA) is 43.4 Å². The first-order valence-corrected chi connectivity index (χ1v) is 7.12. The average Bonchev–Trinajstić information content (AvgIpc) is 2.47. The maximum atomic E-state index is 5.52. The van der Waals surface area contributed by atoms with E-state index in [0.29, 0.717) is 13.2 Å². The van der Waals surface area contributed by atoms with Gasteiger partial charge in [-0.2, -0.15) is 0 Å². The highest BCUT2D eigenvalue weighted by Crippen LogP contribution is 2.28. The lowest BCUT2D eigenvalue weighted by atomic mass is 10.2. The van der Waals surface area contributed by atoms with Gasteiger partial charge < -0.3 is 14.8 Å². The molecule has 0 radical (unpaired) electrons. The fourth-order valence-corrected chi connectivity index (χ4v) is 2.17. The van der Waals surface area contributed by atoms with E-state index in [9.17, 15) is 0 Å². The molecule has 0 bridgehead atoms. The highest BCUT2D eigenvalue weighted by molar-refractivity contribution is 5.49. The Morgan fingerprint density at radius 3 is 2.57 bits per heavy atom. The molecule has 0 amide bonds. The monoisotopic (exact) mass is 286 g/mol. The number of nitrogens with zero attached hydrogens (tertiary/aromatic N) is 1. The Hall–Kier alpha value is -2.23. The van der Waals surface area contributed by atoms with Crippen LogP contribution < -0.4 is 14.8 Å². The van der Waals surface area contributed by atoms with Gasteiger partial charge in [-0.1, -0.05) is 6.07 Å². The number of pyridine rings is 1. The number of benzene rings is 1. The van der Waals surface area contributed by atoms with Crippen molar-refractivity contribution in [1.29, 1.82) is 0 Å². The van der Waals surface area contributed by atoms with Crippen LogP contribution in [0.4, 0.5) is 5.69 Å². The molecule has 0 saturated heterocycles. The smallest absolute Gasteiger partial charge is 0.161 e. The summed E-state index contributed by atoms with van der Waals surface area (Å²) in [5.41, 5.74) is 4.22. The Bertz CT molecular complexity index is 612. The summed E-state index contributed by atoms with van der Waals surface area (Å²) in [5, 5.41) is 3.40. The van der Waals surface area contributed by atoms with Crippen LogP contribution in [-0.4, -0.2) is 18.7 Å². The molecule has 0 fully saturated rings. The van der Waals surface area contributed by atoms with Crippen LogP contribution in [0.1, 0.15) is 23.9 Å². The molecule has 4 nitrogen and oxygen atoms in total. The van der Waals surface area contributed by atoms with E-state index in [4.69, 9.17) is 9.47 Å². The first kappa shape index (κ1) is 15.2. The molecule has 1 N–H and O–H groups in total. The van der Waals surface area contributed by atoms with Gasteiger partial charge in [0.1, 0.15) is 0 Å². The van der Waals surface area contributed by atoms with Gasteiger partial charge in [0.25, 0.3) is 0 Å². The number of rotatable bonds is 6. The number of anilines is 1. The second-order valence-electron chi connectivity index (χ2n) is 4.86. The molecular weight excluding hydrogens is 264 g/mol. The molecule has 4 heteroatoms. The molecule has 1 heterocycles. The second kappa shape index (κ2) is 6.97. The standard InChI is InChI=1S/C17H22N2O2/c1-5-21-16-9-7-14(10-17(16)20-4)11-18-15-8-6-12(2)19-13(15)3/h6-10,18H,5,11H2,1-4H3. The predicted molar refractivity (Wildman–Crippen MR) is 85.2 cm³/mol. The van der Waals surface area contributed by atoms with Crippen LogP contribution in [0.5, 0.6) is 11.5 Å². The normalized spacial score (nSPS) is 10.3. The molecule has 0 atom stereocenters. The quantitative estimate of drug-likeness (QED) is 0.879. The maximum Gasteiger partial charge on any atom is 0.161 e. The van der Waals surface area contributed by atoms with E-state index in [1.165, 1.54) is 0 Å². The minimum absolute atomic E-state index is 0.627. The van der Waals surface area contributed by atoms with Crippen molar-refractivity contribution >= 4 is 5.69 Å². The van der Waals surface area contributed by atoms with E-state index < -0.39 is 0 Å². The Morgan fingerprint density at radius 2 is 1.90 bits per heavy atom. The molecule has 0 unspecified atom stereocenters. The molecular formula is C17H22N2O2. The number of aryl methyl sites for hydroxylation is 2. The largest absolute Gasteiger partial charge is 0.493 e. The highest BCUT2D eigenvalue weighted by Gasteiger charge is 2.06. The van der Waals surface area contributed by atoms with Gasteiger partial charge in [-0.05, 0) is 50.6 Å². The van der Waals surface area contributed by atoms with Gasteiger partial charge in [-0.3, -0.25) is 4.98 Å². The van der Waals surface area contributed by atoms with Crippen molar-refractivity contribution in [1.82, 2.24) is 4.98 Å². The Morgan fingerprint density at radius 1 is 1.10 bits per heavy atom. The zero-order valence-electron chi connectivity index (χ0n) is 13.1. The van der Waals surface area contributed by atoms with Crippen molar-refractivity contribution in [2.45, 2.75) is 27.3 Å². The third-order valence-corrected chi connectivity index (χ3v) is 3.24. The van der Waals surface area contributed by atoms with Crippen LogP contribution in [0.25, 0.3) is 0 Å². The SMILES string of the molecule is CCOc1ccc(CNc2ccc(C)nc2C)cc1OC. The fourth-order valence-electron chi connectivity index (χ4n) is 2.17. The van der Waals surface area contributed by atoms with Crippen LogP contribution in [0.15, 0.2) is 30.3 Å². The lowest BCUT2D eigenvalue weighted by Crippen LogP contribution is -2.03. The lowest BCUT2D eigenvalue weighted by molar-refractivity contribution is 0.310. The summed E-state index contributed by atoms with van der Waals surface area (Å²) in [4.78, 5) is 4.45. The molecule has 0 aliphatic carbocycles. The number of ether oxygens (including phenoxy) is 2. The van der Waals surface area contributed by atoms with Gasteiger partial charge in [0.05, 0.1) is 25.1 Å². The molecule has 0 aliphatic heterocycles. The van der Waals surface area contributed by atoms with E-state index in [2.05, 4.69) is 16.4 Å². The van der Waals surface area contributed by atoms with Gasteiger partial charge in [0.2, 0.25) is 0 Å². The summed E-state index contributed by atoms with van der Waals surface area (Å²) in [6.07, 6.45) is 0. The van der Waals surface area contributed by atoms with Crippen molar-refractivity contribution in [3.8, 4) is 11.5 Å². The minimum Gasteiger partial charge on any atom is -0.493 e. The van der Waals surface area contributed by atoms with E-state index >= 15 is 0 Å². The molecule has 1 aromatic carbocycles. The fraction of sp³-hybridized carbons (Fsp3) is 0.353. The number of nitrogens with one attached hydrogen (secondary N) is 1. The van der Waals surface area contributed by atoms with E-state index in [1.807, 2.05) is 45.0 Å². The summed E-state index contributed by atoms with van der Waals surface area (Å²) in [7, 11) is 1.66. The maximum absolute atomic E-state index is 5.52. The Kier molecular flexibility index (Phi) is 5.04. The van der Waals surface area contributed by atoms with Crippen LogP contribution in [0.2, 0.25) is 0 Å². The minimum atomic E-state index is 0.627. The van der Waals surface area contributed by atoms with Crippen LogP contribution >= 0.6 is 0 Å². The van der Waals surface area contributed by atoms with Crippen molar-refractivity contribution in [2.24, 2.45) is 0 Å². The Labute approximate surface area is 126 Å². The summed E-state index contributed by atoms with van der Waals surface area (Å²) in [6.45, 7) is 7.31. The average molecular weight is 286 g/mol. The van der Waals surface area contributed by atoms with E-state index in [0.717, 1.165) is 34.1 Å². The van der Waals surface area contributed by atoms with Gasteiger partial charge >= 0.3 is 0 Å². The molecule has 0 aliphatic rings. The van der Waals surface area contributed by atoms with E-state index in [-0.39, 0.29) is 0 Å². The molecule has 21 heavy (non-hydrogen) atoms. The molecule has 2 aromatic rings. The van der Waals surface area contributed by atoms with Crippen LogP contribution in [0, 0.1) is 13.8 Å². The van der Waals surface area contributed by atoms with Gasteiger partial charge in [0.15, 0.2) is 11.5 Å². The van der Waals surface area contributed by atoms with Crippen molar-refractivity contribution < 1.29 is 9.47 Å². The molecule has 0 saturated carbocycles. The first-order valence-electron chi connectivity index (χ1n) is 7.12. The van der Waals surface area contributed by atoms with Crippen molar-refractivity contribution in [3.05, 3.63) is 47.3 Å². The summed E-state index contributed by atoms with van der Waals surface area (Å²) >= 11 is 0. The predicted octanol–water partition coefficient (Wildman–Crippen LogP) is 3.72. The highest BCUT2D eigenvalue weighted by atomic mass is 16.5. The second-order valence-corrected chi connectivity index (χ2v) is 4.86. The number of hydrogen-bond acceptors (Lipinski definition) is 4. The third-order valence-electron chi connectivity index (χ3n) is 3.24. The first-order chi connectivity index (χ1) is 10.1. The lowest BCUT2D eigenvalue weighted by Gasteiger charge is -2.13. The van der Waals surface area contributed by atoms with Gasteiger partial charge in [0, 0.05) is 12.2 Å². The number of aromatic nitrogens is 1. The third kappa shape index (κ3) is 3.88. The van der Waals surface area contributed by atoms with E-state index in [1.54, 1.807) is 7.11 Å². The van der Waals surface area contributed by atoms with Crippen molar-refractivity contribution in [2.75, 3.05) is 19.0 Å². The molecule has 2 rings (SSSR count). The number of methoxy groups -OCH3 is 1. The van der Waals surface area contributed by atoms with Gasteiger partial charge in [-0.15, -0.1) is 0 Å². The Balaban J connectivity index is 2.09. The molecule has 112 valence electrons. The summed E-state index contributed by atoms with van der Waals surface area (Å²) < 4.78 is 10.9. The summed E-state index contributed by atoms with van der Waals surface area (Å²) in [5.74, 6) is 1.53. The van der Waals surface area contributed by atoms with Crippen molar-refractivity contribution in [3.63, 3.8) is 0 Å². The molecule has 0 spiro atoms. The van der Waals surface area contributed by atoms with Crippen LogP contribution in [0.3, 0.4) is 0 Å². The van der Waals surface area contributed by atoms with Crippen LogP contribution in [-0.2, 0) is 6.54 Å². The zero-order chi connectivity index (χ0) is 15.2. The summed E-state index contributed by atoms with van der Waals surface area (Å²) in [6, 6.07) is 10.0. The zero-order valence-corrected chi connectivity index (χ0v) is 13.1. The number of hydrogen-bond donors (Lipinski definition) is 1.